The van der Waals surface area contributed by atoms with Crippen molar-refractivity contribution in [1.82, 2.24) is 9.55 Å². The second kappa shape index (κ2) is 5.25. The molecule has 0 fully saturated rings. The first kappa shape index (κ1) is 12.5. The highest BCUT2D eigenvalue weighted by molar-refractivity contribution is 9.10. The highest BCUT2D eigenvalue weighted by Crippen LogP contribution is 2.31. The monoisotopic (exact) mass is 322 g/mol. The van der Waals surface area contributed by atoms with Crippen molar-refractivity contribution in [3.63, 3.8) is 0 Å². The molecule has 1 aromatic carbocycles. The third kappa shape index (κ3) is 2.61. The molecule has 1 aliphatic rings. The average molecular weight is 323 g/mol. The van der Waals surface area contributed by atoms with Crippen LogP contribution >= 0.6 is 15.9 Å². The standard InChI is InChI=1S/C14H15BrN2O2/c1-17-9-16-14(15)11(17)7-10-3-4-12-13(8-10)19-6-2-5-18-12/h3-4,8-9H,2,5-7H2,1H3. The first-order valence-corrected chi connectivity index (χ1v) is 7.07. The molecular formula is C14H15BrN2O2. The van der Waals surface area contributed by atoms with Crippen molar-refractivity contribution in [2.24, 2.45) is 7.05 Å². The van der Waals surface area contributed by atoms with Gasteiger partial charge >= 0.3 is 0 Å². The van der Waals surface area contributed by atoms with Gasteiger partial charge in [0.1, 0.15) is 4.60 Å². The summed E-state index contributed by atoms with van der Waals surface area (Å²) in [5.41, 5.74) is 2.34. The van der Waals surface area contributed by atoms with Gasteiger partial charge in [-0.15, -0.1) is 0 Å². The lowest BCUT2D eigenvalue weighted by Gasteiger charge is -2.10. The van der Waals surface area contributed by atoms with Crippen molar-refractivity contribution in [2.45, 2.75) is 12.8 Å². The van der Waals surface area contributed by atoms with Crippen molar-refractivity contribution >= 4 is 15.9 Å². The van der Waals surface area contributed by atoms with Crippen LogP contribution in [0, 0.1) is 0 Å². The molecule has 0 amide bonds. The summed E-state index contributed by atoms with van der Waals surface area (Å²) in [6.45, 7) is 1.44. The number of benzene rings is 1. The molecule has 0 bridgehead atoms. The smallest absolute Gasteiger partial charge is 0.161 e. The Bertz CT molecular complexity index is 576. The van der Waals surface area contributed by atoms with E-state index in [1.807, 2.05) is 24.0 Å². The fourth-order valence-corrected chi connectivity index (χ4v) is 2.65. The Hall–Kier alpha value is -1.49. The Balaban J connectivity index is 1.88. The minimum absolute atomic E-state index is 0.714. The van der Waals surface area contributed by atoms with E-state index in [0.29, 0.717) is 6.61 Å². The topological polar surface area (TPSA) is 36.3 Å². The maximum Gasteiger partial charge on any atom is 0.161 e. The first-order chi connectivity index (χ1) is 9.24. The number of aromatic nitrogens is 2. The number of hydrogen-bond donors (Lipinski definition) is 0. The summed E-state index contributed by atoms with van der Waals surface area (Å²) in [5.74, 6) is 1.68. The molecule has 1 aromatic heterocycles. The third-order valence-electron chi connectivity index (χ3n) is 3.19. The number of nitrogens with zero attached hydrogens (tertiary/aromatic N) is 2. The lowest BCUT2D eigenvalue weighted by atomic mass is 10.1. The predicted octanol–water partition coefficient (Wildman–Crippen LogP) is 2.93. The van der Waals surface area contributed by atoms with Gasteiger partial charge in [-0.1, -0.05) is 6.07 Å². The molecule has 0 saturated heterocycles. The molecule has 100 valence electrons. The zero-order chi connectivity index (χ0) is 13.2. The molecule has 5 heteroatoms. The number of ether oxygens (including phenoxy) is 2. The second-order valence-electron chi connectivity index (χ2n) is 4.60. The largest absolute Gasteiger partial charge is 0.490 e. The van der Waals surface area contributed by atoms with E-state index in [0.717, 1.165) is 41.2 Å². The summed E-state index contributed by atoms with van der Waals surface area (Å²) < 4.78 is 14.3. The fraction of sp³-hybridized carbons (Fsp3) is 0.357. The Morgan fingerprint density at radius 3 is 2.79 bits per heavy atom. The molecule has 3 rings (SSSR count). The Labute approximate surface area is 120 Å². The second-order valence-corrected chi connectivity index (χ2v) is 5.35. The van der Waals surface area contributed by atoms with Crippen molar-refractivity contribution in [2.75, 3.05) is 13.2 Å². The minimum atomic E-state index is 0.714. The van der Waals surface area contributed by atoms with Gasteiger partial charge in [0.15, 0.2) is 11.5 Å². The van der Waals surface area contributed by atoms with Crippen LogP contribution in [0.25, 0.3) is 0 Å². The van der Waals surface area contributed by atoms with E-state index in [9.17, 15) is 0 Å². The normalized spacial score (nSPS) is 14.2. The molecule has 0 radical (unpaired) electrons. The van der Waals surface area contributed by atoms with Crippen LogP contribution in [0.2, 0.25) is 0 Å². The van der Waals surface area contributed by atoms with Crippen LogP contribution in [0.1, 0.15) is 17.7 Å². The zero-order valence-corrected chi connectivity index (χ0v) is 12.3. The van der Waals surface area contributed by atoms with E-state index < -0.39 is 0 Å². The molecular weight excluding hydrogens is 308 g/mol. The van der Waals surface area contributed by atoms with Crippen LogP contribution in [0.15, 0.2) is 29.1 Å². The number of halogens is 1. The number of rotatable bonds is 2. The molecule has 0 saturated carbocycles. The molecule has 4 nitrogen and oxygen atoms in total. The maximum atomic E-state index is 5.71. The van der Waals surface area contributed by atoms with E-state index >= 15 is 0 Å². The minimum Gasteiger partial charge on any atom is -0.490 e. The predicted molar refractivity (Wildman–Crippen MR) is 75.8 cm³/mol. The summed E-state index contributed by atoms with van der Waals surface area (Å²) in [6.07, 6.45) is 3.55. The zero-order valence-electron chi connectivity index (χ0n) is 10.7. The number of hydrogen-bond acceptors (Lipinski definition) is 3. The molecule has 19 heavy (non-hydrogen) atoms. The van der Waals surface area contributed by atoms with Gasteiger partial charge in [0, 0.05) is 19.9 Å². The quantitative estimate of drug-likeness (QED) is 0.853. The lowest BCUT2D eigenvalue weighted by Crippen LogP contribution is -1.99. The third-order valence-corrected chi connectivity index (χ3v) is 3.85. The van der Waals surface area contributed by atoms with Gasteiger partial charge in [-0.05, 0) is 33.6 Å². The molecule has 0 spiro atoms. The molecule has 0 aliphatic carbocycles. The van der Waals surface area contributed by atoms with Gasteiger partial charge in [-0.2, -0.15) is 0 Å². The van der Waals surface area contributed by atoms with Crippen LogP contribution in [0.4, 0.5) is 0 Å². The number of fused-ring (bicyclic) bond motifs is 1. The van der Waals surface area contributed by atoms with Crippen LogP contribution in [-0.2, 0) is 13.5 Å². The van der Waals surface area contributed by atoms with Crippen LogP contribution in [0.3, 0.4) is 0 Å². The van der Waals surface area contributed by atoms with Gasteiger partial charge in [0.25, 0.3) is 0 Å². The summed E-state index contributed by atoms with van der Waals surface area (Å²) in [7, 11) is 2.00. The average Bonchev–Trinajstić information content (AvgIpc) is 2.64. The van der Waals surface area contributed by atoms with Gasteiger partial charge in [-0.25, -0.2) is 4.98 Å². The van der Waals surface area contributed by atoms with Crippen LogP contribution in [0.5, 0.6) is 11.5 Å². The fourth-order valence-electron chi connectivity index (χ4n) is 2.14. The van der Waals surface area contributed by atoms with Gasteiger partial charge < -0.3 is 14.0 Å². The molecule has 0 atom stereocenters. The summed E-state index contributed by atoms with van der Waals surface area (Å²) in [5, 5.41) is 0. The molecule has 2 heterocycles. The number of imidazole rings is 1. The highest BCUT2D eigenvalue weighted by atomic mass is 79.9. The van der Waals surface area contributed by atoms with Gasteiger partial charge in [0.2, 0.25) is 0 Å². The van der Waals surface area contributed by atoms with E-state index in [1.165, 1.54) is 5.56 Å². The Morgan fingerprint density at radius 2 is 2.05 bits per heavy atom. The van der Waals surface area contributed by atoms with Crippen molar-refractivity contribution in [3.8, 4) is 11.5 Å². The maximum absolute atomic E-state index is 5.71. The van der Waals surface area contributed by atoms with E-state index in [2.05, 4.69) is 33.0 Å². The van der Waals surface area contributed by atoms with Gasteiger partial charge in [-0.3, -0.25) is 0 Å². The SMILES string of the molecule is Cn1cnc(Br)c1Cc1ccc2c(c1)OCCCO2. The molecule has 1 aliphatic heterocycles. The van der Waals surface area contributed by atoms with E-state index in [1.54, 1.807) is 0 Å². The molecule has 0 unspecified atom stereocenters. The van der Waals surface area contributed by atoms with E-state index in [-0.39, 0.29) is 0 Å². The molecule has 0 N–H and O–H groups in total. The van der Waals surface area contributed by atoms with Crippen molar-refractivity contribution in [3.05, 3.63) is 40.4 Å². The van der Waals surface area contributed by atoms with Crippen LogP contribution < -0.4 is 9.47 Å². The molecule has 2 aromatic rings. The van der Waals surface area contributed by atoms with Crippen molar-refractivity contribution in [1.29, 1.82) is 0 Å². The summed E-state index contributed by atoms with van der Waals surface area (Å²) in [6, 6.07) is 6.12. The Kier molecular flexibility index (Phi) is 3.46. The summed E-state index contributed by atoms with van der Waals surface area (Å²) >= 11 is 3.47. The van der Waals surface area contributed by atoms with Crippen molar-refractivity contribution < 1.29 is 9.47 Å². The van der Waals surface area contributed by atoms with E-state index in [4.69, 9.17) is 9.47 Å². The highest BCUT2D eigenvalue weighted by Gasteiger charge is 2.13. The summed E-state index contributed by atoms with van der Waals surface area (Å²) in [4.78, 5) is 4.24. The van der Waals surface area contributed by atoms with Gasteiger partial charge in [0.05, 0.1) is 25.2 Å². The lowest BCUT2D eigenvalue weighted by molar-refractivity contribution is 0.297. The van der Waals surface area contributed by atoms with Crippen LogP contribution in [-0.4, -0.2) is 22.8 Å². The number of aryl methyl sites for hydroxylation is 1. The first-order valence-electron chi connectivity index (χ1n) is 6.28. The Morgan fingerprint density at radius 1 is 1.26 bits per heavy atom.